The van der Waals surface area contributed by atoms with Crippen LogP contribution < -0.4 is 10.1 Å². The molecule has 0 unspecified atom stereocenters. The van der Waals surface area contributed by atoms with Gasteiger partial charge in [0.1, 0.15) is 12.4 Å². The predicted octanol–water partition coefficient (Wildman–Crippen LogP) is 4.64. The highest BCUT2D eigenvalue weighted by Gasteiger charge is 2.05. The molecule has 1 N–H and O–H groups in total. The smallest absolute Gasteiger partial charge is 0.124 e. The molecule has 2 aromatic rings. The zero-order valence-electron chi connectivity index (χ0n) is 13.2. The van der Waals surface area contributed by atoms with Gasteiger partial charge in [-0.2, -0.15) is 0 Å². The average molecular weight is 303 g/mol. The summed E-state index contributed by atoms with van der Waals surface area (Å²) in [4.78, 5) is 2.71. The lowest BCUT2D eigenvalue weighted by Gasteiger charge is -2.12. The quantitative estimate of drug-likeness (QED) is 0.767. The molecule has 0 radical (unpaired) electrons. The Hall–Kier alpha value is -1.32. The molecule has 0 saturated carbocycles. The fourth-order valence-electron chi connectivity index (χ4n) is 2.12. The lowest BCUT2D eigenvalue weighted by atomic mass is 10.2. The Kier molecular flexibility index (Phi) is 6.27. The Balaban J connectivity index is 1.92. The summed E-state index contributed by atoms with van der Waals surface area (Å²) in [6.07, 6.45) is 1.10. The fraction of sp³-hybridized carbons (Fsp3) is 0.444. The highest BCUT2D eigenvalue weighted by molar-refractivity contribution is 7.11. The molecule has 0 bridgehead atoms. The van der Waals surface area contributed by atoms with Crippen LogP contribution in [0.1, 0.15) is 36.1 Å². The maximum absolute atomic E-state index is 6.01. The van der Waals surface area contributed by atoms with Crippen LogP contribution >= 0.6 is 11.3 Å². The molecular weight excluding hydrogens is 278 g/mol. The first-order valence-corrected chi connectivity index (χ1v) is 8.49. The highest BCUT2D eigenvalue weighted by atomic mass is 32.1. The average Bonchev–Trinajstić information content (AvgIpc) is 2.94. The molecule has 0 aliphatic carbocycles. The number of hydrogen-bond donors (Lipinski definition) is 1. The second-order valence-electron chi connectivity index (χ2n) is 5.64. The maximum Gasteiger partial charge on any atom is 0.124 e. The molecule has 21 heavy (non-hydrogen) atoms. The van der Waals surface area contributed by atoms with Crippen LogP contribution in [0.25, 0.3) is 0 Å². The summed E-state index contributed by atoms with van der Waals surface area (Å²) in [7, 11) is 0. The summed E-state index contributed by atoms with van der Waals surface area (Å²) in [5.74, 6) is 1.65. The van der Waals surface area contributed by atoms with Crippen molar-refractivity contribution in [1.29, 1.82) is 0 Å². The van der Waals surface area contributed by atoms with E-state index in [-0.39, 0.29) is 0 Å². The van der Waals surface area contributed by atoms with E-state index < -0.39 is 0 Å². The van der Waals surface area contributed by atoms with Crippen LogP contribution in [-0.2, 0) is 19.6 Å². The number of rotatable bonds is 8. The first-order valence-electron chi connectivity index (χ1n) is 7.68. The van der Waals surface area contributed by atoms with Crippen molar-refractivity contribution >= 4 is 11.3 Å². The normalized spacial score (nSPS) is 11.0. The molecule has 1 aromatic heterocycles. The van der Waals surface area contributed by atoms with E-state index in [1.807, 2.05) is 17.4 Å². The van der Waals surface area contributed by atoms with E-state index in [4.69, 9.17) is 4.74 Å². The molecule has 0 fully saturated rings. The van der Waals surface area contributed by atoms with Crippen molar-refractivity contribution in [2.24, 2.45) is 5.92 Å². The summed E-state index contributed by atoms with van der Waals surface area (Å²) in [6, 6.07) is 12.7. The zero-order chi connectivity index (χ0) is 15.1. The molecule has 0 spiro atoms. The first-order chi connectivity index (χ1) is 10.2. The van der Waals surface area contributed by atoms with E-state index in [1.54, 1.807) is 0 Å². The number of para-hydroxylation sites is 1. The molecule has 2 rings (SSSR count). The van der Waals surface area contributed by atoms with E-state index in [0.29, 0.717) is 12.5 Å². The molecule has 0 amide bonds. The van der Waals surface area contributed by atoms with Crippen LogP contribution in [0.2, 0.25) is 0 Å². The first kappa shape index (κ1) is 16.1. The third-order valence-electron chi connectivity index (χ3n) is 3.28. The third-order valence-corrected chi connectivity index (χ3v) is 4.48. The summed E-state index contributed by atoms with van der Waals surface area (Å²) in [5.41, 5.74) is 1.23. The van der Waals surface area contributed by atoms with E-state index >= 15 is 0 Å². The third kappa shape index (κ3) is 5.18. The largest absolute Gasteiger partial charge is 0.488 e. The Bertz CT molecular complexity index is 548. The summed E-state index contributed by atoms with van der Waals surface area (Å²) in [5, 5.41) is 3.48. The van der Waals surface area contributed by atoms with Gasteiger partial charge in [-0.1, -0.05) is 39.0 Å². The van der Waals surface area contributed by atoms with Gasteiger partial charge in [-0.05, 0) is 37.1 Å². The molecule has 0 aliphatic rings. The van der Waals surface area contributed by atoms with Crippen molar-refractivity contribution in [1.82, 2.24) is 5.32 Å². The molecular formula is C18H25NOS. The SMILES string of the molecule is CCc1ccc(COc2ccccc2CNCC(C)C)s1. The van der Waals surface area contributed by atoms with E-state index in [9.17, 15) is 0 Å². The summed E-state index contributed by atoms with van der Waals surface area (Å²) < 4.78 is 6.01. The minimum atomic E-state index is 0.659. The van der Waals surface area contributed by atoms with Gasteiger partial charge in [0.2, 0.25) is 0 Å². The van der Waals surface area contributed by atoms with Crippen LogP contribution in [0.3, 0.4) is 0 Å². The number of ether oxygens (including phenoxy) is 1. The molecule has 2 nitrogen and oxygen atoms in total. The zero-order valence-corrected chi connectivity index (χ0v) is 14.0. The second-order valence-corrected chi connectivity index (χ2v) is 6.90. The molecule has 114 valence electrons. The van der Waals surface area contributed by atoms with Crippen molar-refractivity contribution in [2.45, 2.75) is 40.3 Å². The number of aryl methyl sites for hydroxylation is 1. The van der Waals surface area contributed by atoms with Gasteiger partial charge < -0.3 is 10.1 Å². The molecule has 0 atom stereocenters. The van der Waals surface area contributed by atoms with E-state index in [2.05, 4.69) is 56.4 Å². The van der Waals surface area contributed by atoms with Gasteiger partial charge in [0.15, 0.2) is 0 Å². The van der Waals surface area contributed by atoms with Crippen molar-refractivity contribution in [3.8, 4) is 5.75 Å². The van der Waals surface area contributed by atoms with Gasteiger partial charge in [-0.25, -0.2) is 0 Å². The summed E-state index contributed by atoms with van der Waals surface area (Å²) >= 11 is 1.84. The molecule has 0 saturated heterocycles. The van der Waals surface area contributed by atoms with Gasteiger partial charge in [-0.15, -0.1) is 11.3 Å². The second kappa shape index (κ2) is 8.20. The van der Waals surface area contributed by atoms with Crippen molar-refractivity contribution in [3.05, 3.63) is 51.7 Å². The van der Waals surface area contributed by atoms with Crippen LogP contribution in [-0.4, -0.2) is 6.54 Å². The molecule has 3 heteroatoms. The Morgan fingerprint density at radius 2 is 1.86 bits per heavy atom. The van der Waals surface area contributed by atoms with Gasteiger partial charge >= 0.3 is 0 Å². The molecule has 1 aromatic carbocycles. The Morgan fingerprint density at radius 3 is 2.57 bits per heavy atom. The topological polar surface area (TPSA) is 21.3 Å². The minimum absolute atomic E-state index is 0.659. The maximum atomic E-state index is 6.01. The lowest BCUT2D eigenvalue weighted by molar-refractivity contribution is 0.305. The predicted molar refractivity (Wildman–Crippen MR) is 91.0 cm³/mol. The summed E-state index contributed by atoms with van der Waals surface area (Å²) in [6.45, 7) is 9.17. The van der Waals surface area contributed by atoms with Crippen molar-refractivity contribution < 1.29 is 4.74 Å². The van der Waals surface area contributed by atoms with Gasteiger partial charge in [0, 0.05) is 21.9 Å². The molecule has 1 heterocycles. The van der Waals surface area contributed by atoms with Crippen molar-refractivity contribution in [3.63, 3.8) is 0 Å². The number of hydrogen-bond acceptors (Lipinski definition) is 3. The monoisotopic (exact) mass is 303 g/mol. The number of nitrogens with one attached hydrogen (secondary N) is 1. The van der Waals surface area contributed by atoms with Gasteiger partial charge in [0.25, 0.3) is 0 Å². The minimum Gasteiger partial charge on any atom is -0.488 e. The van der Waals surface area contributed by atoms with Crippen LogP contribution in [0.15, 0.2) is 36.4 Å². The van der Waals surface area contributed by atoms with Crippen LogP contribution in [0.5, 0.6) is 5.75 Å². The van der Waals surface area contributed by atoms with Crippen LogP contribution in [0.4, 0.5) is 0 Å². The number of benzene rings is 1. The lowest BCUT2D eigenvalue weighted by Crippen LogP contribution is -2.19. The standard InChI is InChI=1S/C18H25NOS/c1-4-16-9-10-17(21-16)13-20-18-8-6-5-7-15(18)12-19-11-14(2)3/h5-10,14,19H,4,11-13H2,1-3H3. The Morgan fingerprint density at radius 1 is 1.10 bits per heavy atom. The highest BCUT2D eigenvalue weighted by Crippen LogP contribution is 2.22. The van der Waals surface area contributed by atoms with Gasteiger partial charge in [-0.3, -0.25) is 0 Å². The number of thiophene rings is 1. The molecule has 0 aliphatic heterocycles. The fourth-order valence-corrected chi connectivity index (χ4v) is 3.00. The van der Waals surface area contributed by atoms with Gasteiger partial charge in [0.05, 0.1) is 0 Å². The Labute approximate surface area is 132 Å². The van der Waals surface area contributed by atoms with Crippen molar-refractivity contribution in [2.75, 3.05) is 6.54 Å². The van der Waals surface area contributed by atoms with E-state index in [1.165, 1.54) is 15.3 Å². The van der Waals surface area contributed by atoms with Crippen LogP contribution in [0, 0.1) is 5.92 Å². The van der Waals surface area contributed by atoms with E-state index in [0.717, 1.165) is 25.3 Å².